The summed E-state index contributed by atoms with van der Waals surface area (Å²) in [6.07, 6.45) is -4.46. The zero-order valence-electron chi connectivity index (χ0n) is 10.5. The third-order valence-electron chi connectivity index (χ3n) is 2.63. The Morgan fingerprint density at radius 2 is 1.80 bits per heavy atom. The molecule has 0 fully saturated rings. The maximum Gasteiger partial charge on any atom is 0.416 e. The van der Waals surface area contributed by atoms with Gasteiger partial charge in [0.05, 0.1) is 5.56 Å². The lowest BCUT2D eigenvalue weighted by Crippen LogP contribution is -2.06. The number of nitrogens with two attached hydrogens (primary N) is 1. The molecule has 0 amide bonds. The van der Waals surface area contributed by atoms with E-state index in [1.807, 2.05) is 6.07 Å². The lowest BCUT2D eigenvalue weighted by atomic mass is 10.1. The molecule has 0 radical (unpaired) electrons. The van der Waals surface area contributed by atoms with E-state index in [1.165, 1.54) is 6.07 Å². The molecule has 0 bridgehead atoms. The van der Waals surface area contributed by atoms with Gasteiger partial charge in [0, 0.05) is 16.2 Å². The highest BCUT2D eigenvalue weighted by atomic mass is 79.9. The molecule has 2 aromatic rings. The van der Waals surface area contributed by atoms with E-state index in [4.69, 9.17) is 10.5 Å². The average Bonchev–Trinajstić information content (AvgIpc) is 2.32. The summed E-state index contributed by atoms with van der Waals surface area (Å²) < 4.78 is 44.4. The summed E-state index contributed by atoms with van der Waals surface area (Å²) in [6, 6.07) is 8.47. The van der Waals surface area contributed by atoms with Gasteiger partial charge >= 0.3 is 6.18 Å². The Labute approximate surface area is 122 Å². The molecule has 106 valence electrons. The van der Waals surface area contributed by atoms with Crippen molar-refractivity contribution in [2.24, 2.45) is 0 Å². The van der Waals surface area contributed by atoms with Crippen LogP contribution in [-0.4, -0.2) is 0 Å². The van der Waals surface area contributed by atoms with Gasteiger partial charge < -0.3 is 10.5 Å². The summed E-state index contributed by atoms with van der Waals surface area (Å²) in [7, 11) is 0. The number of ether oxygens (including phenoxy) is 1. The third-order valence-corrected chi connectivity index (χ3v) is 3.13. The summed E-state index contributed by atoms with van der Waals surface area (Å²) >= 11 is 3.29. The van der Waals surface area contributed by atoms with Crippen LogP contribution in [0.1, 0.15) is 11.1 Å². The number of nitrogen functional groups attached to an aromatic ring is 1. The maximum atomic E-state index is 12.7. The first-order valence-corrected chi connectivity index (χ1v) is 6.47. The van der Waals surface area contributed by atoms with E-state index in [1.54, 1.807) is 19.1 Å². The standard InChI is InChI=1S/C14H11BrF3NO/c1-8-2-3-10(15)6-13(8)20-12-5-9(14(16,17)18)4-11(19)7-12/h2-7H,19H2,1H3. The van der Waals surface area contributed by atoms with Gasteiger partial charge in [-0.15, -0.1) is 0 Å². The summed E-state index contributed by atoms with van der Waals surface area (Å²) in [5.41, 5.74) is 5.47. The van der Waals surface area contributed by atoms with Crippen molar-refractivity contribution in [1.29, 1.82) is 0 Å². The van der Waals surface area contributed by atoms with Gasteiger partial charge in [-0.3, -0.25) is 0 Å². The fourth-order valence-corrected chi connectivity index (χ4v) is 2.00. The van der Waals surface area contributed by atoms with E-state index in [0.717, 1.165) is 22.2 Å². The molecule has 2 nitrogen and oxygen atoms in total. The van der Waals surface area contributed by atoms with Crippen molar-refractivity contribution < 1.29 is 17.9 Å². The van der Waals surface area contributed by atoms with E-state index >= 15 is 0 Å². The molecular formula is C14H11BrF3NO. The summed E-state index contributed by atoms with van der Waals surface area (Å²) in [5, 5.41) is 0. The molecule has 0 unspecified atom stereocenters. The van der Waals surface area contributed by atoms with Crippen molar-refractivity contribution in [3.63, 3.8) is 0 Å². The zero-order valence-corrected chi connectivity index (χ0v) is 12.0. The van der Waals surface area contributed by atoms with Gasteiger partial charge in [-0.2, -0.15) is 13.2 Å². The van der Waals surface area contributed by atoms with Crippen LogP contribution in [-0.2, 0) is 6.18 Å². The molecular weight excluding hydrogens is 335 g/mol. The van der Waals surface area contributed by atoms with E-state index in [-0.39, 0.29) is 11.4 Å². The van der Waals surface area contributed by atoms with E-state index in [0.29, 0.717) is 5.75 Å². The number of benzene rings is 2. The van der Waals surface area contributed by atoms with Crippen molar-refractivity contribution in [3.05, 3.63) is 52.0 Å². The first-order chi connectivity index (χ1) is 9.25. The number of alkyl halides is 3. The largest absolute Gasteiger partial charge is 0.457 e. The molecule has 0 atom stereocenters. The summed E-state index contributed by atoms with van der Waals surface area (Å²) in [6.45, 7) is 1.80. The highest BCUT2D eigenvalue weighted by Crippen LogP contribution is 2.35. The number of anilines is 1. The first-order valence-electron chi connectivity index (χ1n) is 5.67. The van der Waals surface area contributed by atoms with Crippen LogP contribution in [0, 0.1) is 6.92 Å². The highest BCUT2D eigenvalue weighted by molar-refractivity contribution is 9.10. The Kier molecular flexibility index (Phi) is 3.94. The molecule has 0 heterocycles. The second kappa shape index (κ2) is 5.36. The Hall–Kier alpha value is -1.69. The molecule has 0 aliphatic rings. The fourth-order valence-electron chi connectivity index (χ4n) is 1.66. The third kappa shape index (κ3) is 3.45. The van der Waals surface area contributed by atoms with Crippen molar-refractivity contribution in [2.45, 2.75) is 13.1 Å². The van der Waals surface area contributed by atoms with E-state index < -0.39 is 11.7 Å². The minimum Gasteiger partial charge on any atom is -0.457 e. The number of aryl methyl sites for hydroxylation is 1. The van der Waals surface area contributed by atoms with Crippen LogP contribution in [0.4, 0.5) is 18.9 Å². The molecule has 0 aliphatic carbocycles. The molecule has 6 heteroatoms. The van der Waals surface area contributed by atoms with Gasteiger partial charge in [-0.05, 0) is 36.8 Å². The Bertz CT molecular complexity index is 641. The fraction of sp³-hybridized carbons (Fsp3) is 0.143. The van der Waals surface area contributed by atoms with Gasteiger partial charge in [0.25, 0.3) is 0 Å². The van der Waals surface area contributed by atoms with Gasteiger partial charge in [-0.25, -0.2) is 0 Å². The average molecular weight is 346 g/mol. The molecule has 0 saturated heterocycles. The normalized spacial score (nSPS) is 11.4. The number of halogens is 4. The first kappa shape index (κ1) is 14.7. The Morgan fingerprint density at radius 1 is 1.10 bits per heavy atom. The number of hydrogen-bond acceptors (Lipinski definition) is 2. The Morgan fingerprint density at radius 3 is 2.45 bits per heavy atom. The predicted molar refractivity (Wildman–Crippen MR) is 74.8 cm³/mol. The van der Waals surface area contributed by atoms with Crippen molar-refractivity contribution >= 4 is 21.6 Å². The lowest BCUT2D eigenvalue weighted by Gasteiger charge is -2.13. The van der Waals surface area contributed by atoms with Crippen LogP contribution in [0.3, 0.4) is 0 Å². The van der Waals surface area contributed by atoms with Crippen molar-refractivity contribution in [2.75, 3.05) is 5.73 Å². The molecule has 2 N–H and O–H groups in total. The van der Waals surface area contributed by atoms with Gasteiger partial charge in [-0.1, -0.05) is 22.0 Å². The van der Waals surface area contributed by atoms with Crippen LogP contribution in [0.25, 0.3) is 0 Å². The topological polar surface area (TPSA) is 35.2 Å². The summed E-state index contributed by atoms with van der Waals surface area (Å²) in [4.78, 5) is 0. The molecule has 0 spiro atoms. The maximum absolute atomic E-state index is 12.7. The van der Waals surface area contributed by atoms with Gasteiger partial charge in [0.1, 0.15) is 11.5 Å². The van der Waals surface area contributed by atoms with Gasteiger partial charge in [0.2, 0.25) is 0 Å². The Balaban J connectivity index is 2.39. The number of hydrogen-bond donors (Lipinski definition) is 1. The quantitative estimate of drug-likeness (QED) is 0.763. The van der Waals surface area contributed by atoms with Crippen LogP contribution >= 0.6 is 15.9 Å². The van der Waals surface area contributed by atoms with Crippen LogP contribution in [0.5, 0.6) is 11.5 Å². The molecule has 0 aromatic heterocycles. The summed E-state index contributed by atoms with van der Waals surface area (Å²) in [5.74, 6) is 0.525. The minimum absolute atomic E-state index is 0.00229. The molecule has 2 aromatic carbocycles. The van der Waals surface area contributed by atoms with Crippen LogP contribution in [0.2, 0.25) is 0 Å². The highest BCUT2D eigenvalue weighted by Gasteiger charge is 2.31. The van der Waals surface area contributed by atoms with Crippen molar-refractivity contribution in [1.82, 2.24) is 0 Å². The van der Waals surface area contributed by atoms with Crippen LogP contribution in [0.15, 0.2) is 40.9 Å². The number of rotatable bonds is 2. The monoisotopic (exact) mass is 345 g/mol. The molecule has 2 rings (SSSR count). The molecule has 0 aliphatic heterocycles. The molecule has 20 heavy (non-hydrogen) atoms. The molecule has 0 saturated carbocycles. The van der Waals surface area contributed by atoms with Gasteiger partial charge in [0.15, 0.2) is 0 Å². The van der Waals surface area contributed by atoms with E-state index in [9.17, 15) is 13.2 Å². The zero-order chi connectivity index (χ0) is 14.9. The second-order valence-corrected chi connectivity index (χ2v) is 5.22. The minimum atomic E-state index is -4.46. The lowest BCUT2D eigenvalue weighted by molar-refractivity contribution is -0.137. The second-order valence-electron chi connectivity index (χ2n) is 4.30. The van der Waals surface area contributed by atoms with Crippen molar-refractivity contribution in [3.8, 4) is 11.5 Å². The predicted octanol–water partition coefficient (Wildman–Crippen LogP) is 5.15. The smallest absolute Gasteiger partial charge is 0.416 e. The van der Waals surface area contributed by atoms with Crippen LogP contribution < -0.4 is 10.5 Å². The SMILES string of the molecule is Cc1ccc(Br)cc1Oc1cc(N)cc(C(F)(F)F)c1. The van der Waals surface area contributed by atoms with E-state index in [2.05, 4.69) is 15.9 Å².